The highest BCUT2D eigenvalue weighted by molar-refractivity contribution is 7.25. The van der Waals surface area contributed by atoms with Crippen molar-refractivity contribution < 1.29 is 0 Å². The molecule has 0 aliphatic heterocycles. The molecule has 3 nitrogen and oxygen atoms in total. The maximum absolute atomic E-state index is 5.25. The van der Waals surface area contributed by atoms with E-state index in [1.54, 1.807) is 0 Å². The van der Waals surface area contributed by atoms with Gasteiger partial charge in [0.05, 0.1) is 0 Å². The Morgan fingerprint density at radius 3 is 1.60 bits per heavy atom. The summed E-state index contributed by atoms with van der Waals surface area (Å²) in [6, 6.07) is 67.0. The van der Waals surface area contributed by atoms with Crippen molar-refractivity contribution in [2.45, 2.75) is 0 Å². The minimum atomic E-state index is 0.641. The van der Waals surface area contributed by atoms with Gasteiger partial charge < -0.3 is 0 Å². The molecule has 9 aromatic carbocycles. The number of thiophene rings is 1. The van der Waals surface area contributed by atoms with Gasteiger partial charge in [0.1, 0.15) is 0 Å². The minimum absolute atomic E-state index is 0.641. The maximum Gasteiger partial charge on any atom is 0.164 e. The van der Waals surface area contributed by atoms with Gasteiger partial charge in [-0.05, 0) is 73.5 Å². The highest BCUT2D eigenvalue weighted by Crippen LogP contribution is 2.40. The first kappa shape index (κ1) is 31.5. The second kappa shape index (κ2) is 12.8. The third kappa shape index (κ3) is 5.38. The van der Waals surface area contributed by atoms with Gasteiger partial charge in [-0.1, -0.05) is 164 Å². The summed E-state index contributed by atoms with van der Waals surface area (Å²) in [4.78, 5) is 15.7. The molecule has 4 heteroatoms. The SMILES string of the molecule is c1ccc(-c2cccc3cccc(-c4ccc(-c5nc(-c6ccc7sc8ccccc8c7c6)nc(-c6cccc7ccc8ccccc8c67)n5)cc4)c23)cc1. The molecule has 0 radical (unpaired) electrons. The van der Waals surface area contributed by atoms with Crippen molar-refractivity contribution in [2.75, 3.05) is 0 Å². The predicted molar refractivity (Wildman–Crippen MR) is 232 cm³/mol. The highest BCUT2D eigenvalue weighted by atomic mass is 32.1. The number of hydrogen-bond donors (Lipinski definition) is 0. The van der Waals surface area contributed by atoms with Gasteiger partial charge in [-0.2, -0.15) is 0 Å². The normalized spacial score (nSPS) is 11.6. The smallest absolute Gasteiger partial charge is 0.164 e. The fourth-order valence-electron chi connectivity index (χ4n) is 8.10. The van der Waals surface area contributed by atoms with E-state index in [9.17, 15) is 0 Å². The molecule has 0 N–H and O–H groups in total. The lowest BCUT2D eigenvalue weighted by atomic mass is 9.91. The predicted octanol–water partition coefficient (Wildman–Crippen LogP) is 14.0. The van der Waals surface area contributed by atoms with E-state index in [4.69, 9.17) is 15.0 Å². The van der Waals surface area contributed by atoms with Gasteiger partial charge >= 0.3 is 0 Å². The zero-order valence-corrected chi connectivity index (χ0v) is 30.5. The van der Waals surface area contributed by atoms with Crippen molar-refractivity contribution in [3.05, 3.63) is 188 Å². The summed E-state index contributed by atoms with van der Waals surface area (Å²) in [6.07, 6.45) is 0. The standard InChI is InChI=1S/C51H31N3S/c1-2-11-32(12-3-1)40-19-8-14-35-15-9-20-41(47(35)40)34-24-27-37(28-25-34)49-52-50(38-29-30-46-44(31-38)42-18-6-7-22-45(42)55-46)54-51(53-49)43-21-10-16-36-26-23-33-13-4-5-17-39(33)48(36)43/h1-31H. The lowest BCUT2D eigenvalue weighted by molar-refractivity contribution is 1.08. The van der Waals surface area contributed by atoms with Gasteiger partial charge in [-0.15, -0.1) is 11.3 Å². The van der Waals surface area contributed by atoms with Crippen LogP contribution >= 0.6 is 11.3 Å². The zero-order chi connectivity index (χ0) is 36.3. The monoisotopic (exact) mass is 717 g/mol. The van der Waals surface area contributed by atoms with Crippen LogP contribution in [0.4, 0.5) is 0 Å². The molecule has 0 fully saturated rings. The molecule has 55 heavy (non-hydrogen) atoms. The molecule has 0 saturated carbocycles. The van der Waals surface area contributed by atoms with E-state index in [1.165, 1.54) is 58.4 Å². The Morgan fingerprint density at radius 2 is 0.818 bits per heavy atom. The number of hydrogen-bond acceptors (Lipinski definition) is 4. The quantitative estimate of drug-likeness (QED) is 0.166. The van der Waals surface area contributed by atoms with E-state index in [1.807, 2.05) is 11.3 Å². The summed E-state index contributed by atoms with van der Waals surface area (Å²) >= 11 is 1.81. The van der Waals surface area contributed by atoms with E-state index >= 15 is 0 Å². The van der Waals surface area contributed by atoms with Gasteiger partial charge in [0.15, 0.2) is 17.5 Å². The summed E-state index contributed by atoms with van der Waals surface area (Å²) in [7, 11) is 0. The van der Waals surface area contributed by atoms with E-state index < -0.39 is 0 Å². The summed E-state index contributed by atoms with van der Waals surface area (Å²) < 4.78 is 2.52. The third-order valence-electron chi connectivity index (χ3n) is 10.7. The molecule has 0 amide bonds. The Hall–Kier alpha value is -7.01. The number of rotatable bonds is 5. The van der Waals surface area contributed by atoms with Crippen LogP contribution in [0.3, 0.4) is 0 Å². The van der Waals surface area contributed by atoms with E-state index in [0.717, 1.165) is 33.0 Å². The first-order valence-electron chi connectivity index (χ1n) is 18.5. The largest absolute Gasteiger partial charge is 0.208 e. The molecule has 0 aliphatic rings. The van der Waals surface area contributed by atoms with Crippen LogP contribution in [-0.4, -0.2) is 15.0 Å². The summed E-state index contributed by atoms with van der Waals surface area (Å²) in [5.74, 6) is 1.95. The van der Waals surface area contributed by atoms with Crippen molar-refractivity contribution in [3.63, 3.8) is 0 Å². The minimum Gasteiger partial charge on any atom is -0.208 e. The van der Waals surface area contributed by atoms with Crippen LogP contribution in [0, 0.1) is 0 Å². The second-order valence-corrected chi connectivity index (χ2v) is 15.0. The maximum atomic E-state index is 5.25. The second-order valence-electron chi connectivity index (χ2n) is 14.0. The van der Waals surface area contributed by atoms with Crippen molar-refractivity contribution in [1.29, 1.82) is 0 Å². The molecule has 0 unspecified atom stereocenters. The van der Waals surface area contributed by atoms with Crippen LogP contribution in [0.2, 0.25) is 0 Å². The Morgan fingerprint density at radius 1 is 0.291 bits per heavy atom. The zero-order valence-electron chi connectivity index (χ0n) is 29.6. The van der Waals surface area contributed by atoms with Crippen molar-refractivity contribution in [1.82, 2.24) is 15.0 Å². The average Bonchev–Trinajstić information content (AvgIpc) is 3.64. The van der Waals surface area contributed by atoms with Gasteiger partial charge in [0.2, 0.25) is 0 Å². The Kier molecular flexibility index (Phi) is 7.35. The Bertz CT molecular complexity index is 3250. The van der Waals surface area contributed by atoms with Crippen molar-refractivity contribution in [2.24, 2.45) is 0 Å². The summed E-state index contributed by atoms with van der Waals surface area (Å²) in [6.45, 7) is 0. The number of fused-ring (bicyclic) bond motifs is 7. The molecule has 2 heterocycles. The van der Waals surface area contributed by atoms with Crippen LogP contribution in [0.15, 0.2) is 188 Å². The van der Waals surface area contributed by atoms with Gasteiger partial charge in [0, 0.05) is 42.2 Å². The molecule has 11 rings (SSSR count). The Balaban J connectivity index is 1.10. The van der Waals surface area contributed by atoms with Crippen LogP contribution in [0.25, 0.3) is 109 Å². The number of aromatic nitrogens is 3. The van der Waals surface area contributed by atoms with Crippen molar-refractivity contribution in [3.8, 4) is 56.4 Å². The fraction of sp³-hybridized carbons (Fsp3) is 0. The van der Waals surface area contributed by atoms with E-state index in [0.29, 0.717) is 17.5 Å². The molecule has 11 aromatic rings. The Labute approximate surface area is 321 Å². The van der Waals surface area contributed by atoms with Gasteiger partial charge in [-0.3, -0.25) is 0 Å². The van der Waals surface area contributed by atoms with E-state index in [-0.39, 0.29) is 0 Å². The molecule has 0 atom stereocenters. The molecule has 0 aliphatic carbocycles. The van der Waals surface area contributed by atoms with Crippen LogP contribution in [0.1, 0.15) is 0 Å². The summed E-state index contributed by atoms with van der Waals surface area (Å²) in [5, 5.41) is 9.58. The number of benzene rings is 9. The topological polar surface area (TPSA) is 38.7 Å². The fourth-order valence-corrected chi connectivity index (χ4v) is 9.19. The van der Waals surface area contributed by atoms with Crippen LogP contribution in [-0.2, 0) is 0 Å². The van der Waals surface area contributed by atoms with Gasteiger partial charge in [0.25, 0.3) is 0 Å². The molecule has 0 spiro atoms. The molecule has 0 saturated heterocycles. The lowest BCUT2D eigenvalue weighted by Crippen LogP contribution is -2.00. The lowest BCUT2D eigenvalue weighted by Gasteiger charge is -2.14. The average molecular weight is 718 g/mol. The molecular weight excluding hydrogens is 687 g/mol. The first-order chi connectivity index (χ1) is 27.2. The third-order valence-corrected chi connectivity index (χ3v) is 11.9. The van der Waals surface area contributed by atoms with E-state index in [2.05, 4.69) is 188 Å². The molecular formula is C51H31N3S. The highest BCUT2D eigenvalue weighted by Gasteiger charge is 2.18. The molecule has 2 aromatic heterocycles. The number of nitrogens with zero attached hydrogens (tertiary/aromatic N) is 3. The van der Waals surface area contributed by atoms with Crippen molar-refractivity contribution >= 4 is 63.8 Å². The summed E-state index contributed by atoms with van der Waals surface area (Å²) in [5.41, 5.74) is 7.65. The van der Waals surface area contributed by atoms with Gasteiger partial charge in [-0.25, -0.2) is 15.0 Å². The molecule has 256 valence electrons. The first-order valence-corrected chi connectivity index (χ1v) is 19.3. The van der Waals surface area contributed by atoms with Crippen LogP contribution < -0.4 is 0 Å². The molecule has 0 bridgehead atoms. The van der Waals surface area contributed by atoms with Crippen LogP contribution in [0.5, 0.6) is 0 Å².